The Bertz CT molecular complexity index is 1010. The van der Waals surface area contributed by atoms with Crippen LogP contribution in [0.2, 0.25) is 0 Å². The SMILES string of the molecule is C/C(=C(\C)c1ccc2c(c1)oc(=O)n2C)c1ccc(C#N)cc1. The van der Waals surface area contributed by atoms with Crippen LogP contribution in [0, 0.1) is 11.3 Å². The van der Waals surface area contributed by atoms with Crippen LogP contribution >= 0.6 is 0 Å². The molecule has 0 bridgehead atoms. The van der Waals surface area contributed by atoms with Crippen molar-refractivity contribution in [2.45, 2.75) is 13.8 Å². The van der Waals surface area contributed by atoms with Crippen molar-refractivity contribution in [1.29, 1.82) is 5.26 Å². The van der Waals surface area contributed by atoms with E-state index >= 15 is 0 Å². The van der Waals surface area contributed by atoms with E-state index in [1.54, 1.807) is 7.05 Å². The molecule has 1 aromatic heterocycles. The highest BCUT2D eigenvalue weighted by Gasteiger charge is 2.09. The molecule has 0 amide bonds. The van der Waals surface area contributed by atoms with Gasteiger partial charge in [-0.25, -0.2) is 4.79 Å². The van der Waals surface area contributed by atoms with Crippen molar-refractivity contribution >= 4 is 22.2 Å². The van der Waals surface area contributed by atoms with Crippen LogP contribution in [0.25, 0.3) is 22.2 Å². The molecule has 0 atom stereocenters. The van der Waals surface area contributed by atoms with Crippen LogP contribution in [0.5, 0.6) is 0 Å². The first-order chi connectivity index (χ1) is 11.0. The smallest absolute Gasteiger partial charge is 0.408 e. The van der Waals surface area contributed by atoms with Crippen LogP contribution in [0.3, 0.4) is 0 Å². The molecule has 1 heterocycles. The van der Waals surface area contributed by atoms with Gasteiger partial charge in [0.25, 0.3) is 0 Å². The van der Waals surface area contributed by atoms with Crippen molar-refractivity contribution in [3.63, 3.8) is 0 Å². The van der Waals surface area contributed by atoms with Gasteiger partial charge in [-0.2, -0.15) is 5.26 Å². The Morgan fingerprint density at radius 2 is 1.65 bits per heavy atom. The molecule has 0 saturated carbocycles. The normalized spacial score (nSPS) is 12.1. The molecule has 3 aromatic rings. The third-order valence-corrected chi connectivity index (χ3v) is 4.23. The Morgan fingerprint density at radius 1 is 1.04 bits per heavy atom. The Labute approximate surface area is 133 Å². The summed E-state index contributed by atoms with van der Waals surface area (Å²) in [5.41, 5.74) is 6.30. The summed E-state index contributed by atoms with van der Waals surface area (Å²) in [6.07, 6.45) is 0. The lowest BCUT2D eigenvalue weighted by molar-refractivity contribution is 0.528. The van der Waals surface area contributed by atoms with Gasteiger partial charge in [0.1, 0.15) is 0 Å². The summed E-state index contributed by atoms with van der Waals surface area (Å²) < 4.78 is 6.75. The number of aryl methyl sites for hydroxylation is 1. The average molecular weight is 304 g/mol. The molecule has 23 heavy (non-hydrogen) atoms. The number of fused-ring (bicyclic) bond motifs is 1. The molecular weight excluding hydrogens is 288 g/mol. The highest BCUT2D eigenvalue weighted by molar-refractivity contribution is 5.91. The van der Waals surface area contributed by atoms with E-state index in [1.165, 1.54) is 4.57 Å². The lowest BCUT2D eigenvalue weighted by atomic mass is 9.96. The minimum Gasteiger partial charge on any atom is -0.408 e. The van der Waals surface area contributed by atoms with Crippen LogP contribution in [0.15, 0.2) is 51.7 Å². The maximum Gasteiger partial charge on any atom is 0.419 e. The molecule has 0 aliphatic heterocycles. The molecule has 114 valence electrons. The van der Waals surface area contributed by atoms with Crippen molar-refractivity contribution < 1.29 is 4.42 Å². The number of benzene rings is 2. The Hall–Kier alpha value is -3.06. The summed E-state index contributed by atoms with van der Waals surface area (Å²) in [5, 5.41) is 8.88. The van der Waals surface area contributed by atoms with Gasteiger partial charge in [0.05, 0.1) is 17.1 Å². The largest absolute Gasteiger partial charge is 0.419 e. The molecular formula is C19H16N2O2. The molecule has 0 aliphatic rings. The number of nitriles is 1. The van der Waals surface area contributed by atoms with Crippen LogP contribution in [0.4, 0.5) is 0 Å². The number of allylic oxidation sites excluding steroid dienone is 2. The van der Waals surface area contributed by atoms with E-state index in [0.717, 1.165) is 27.8 Å². The van der Waals surface area contributed by atoms with E-state index < -0.39 is 0 Å². The first-order valence-electron chi connectivity index (χ1n) is 7.29. The number of nitrogens with zero attached hydrogens (tertiary/aromatic N) is 2. The Morgan fingerprint density at radius 3 is 2.30 bits per heavy atom. The summed E-state index contributed by atoms with van der Waals surface area (Å²) in [6, 6.07) is 15.4. The predicted molar refractivity (Wildman–Crippen MR) is 90.8 cm³/mol. The fourth-order valence-corrected chi connectivity index (χ4v) is 2.59. The van der Waals surface area contributed by atoms with E-state index in [9.17, 15) is 4.79 Å². The molecule has 3 rings (SSSR count). The van der Waals surface area contributed by atoms with Crippen molar-refractivity contribution in [3.8, 4) is 6.07 Å². The molecule has 0 N–H and O–H groups in total. The van der Waals surface area contributed by atoms with Gasteiger partial charge in [0, 0.05) is 7.05 Å². The minimum absolute atomic E-state index is 0.359. The Balaban J connectivity index is 2.08. The number of hydrogen-bond acceptors (Lipinski definition) is 3. The van der Waals surface area contributed by atoms with E-state index in [4.69, 9.17) is 9.68 Å². The molecule has 0 fully saturated rings. The average Bonchev–Trinajstić information content (AvgIpc) is 2.87. The summed E-state index contributed by atoms with van der Waals surface area (Å²) in [6.45, 7) is 4.08. The molecule has 4 nitrogen and oxygen atoms in total. The zero-order valence-corrected chi connectivity index (χ0v) is 13.3. The van der Waals surface area contributed by atoms with E-state index in [-0.39, 0.29) is 5.76 Å². The summed E-state index contributed by atoms with van der Waals surface area (Å²) in [4.78, 5) is 11.6. The number of rotatable bonds is 2. The lowest BCUT2D eigenvalue weighted by Crippen LogP contribution is -2.08. The standard InChI is InChI=1S/C19H16N2O2/c1-12(15-6-4-14(11-20)5-7-15)13(2)16-8-9-17-18(10-16)23-19(22)21(17)3/h4-10H,1-3H3/b13-12-. The van der Waals surface area contributed by atoms with Crippen LogP contribution in [-0.4, -0.2) is 4.57 Å². The number of hydrogen-bond donors (Lipinski definition) is 0. The second kappa shape index (κ2) is 5.62. The maximum atomic E-state index is 11.6. The van der Waals surface area contributed by atoms with E-state index in [2.05, 4.69) is 6.07 Å². The lowest BCUT2D eigenvalue weighted by Gasteiger charge is -2.09. The van der Waals surface area contributed by atoms with Gasteiger partial charge >= 0.3 is 5.76 Å². The van der Waals surface area contributed by atoms with Gasteiger partial charge in [0.2, 0.25) is 0 Å². The van der Waals surface area contributed by atoms with Gasteiger partial charge in [0.15, 0.2) is 5.58 Å². The van der Waals surface area contributed by atoms with Gasteiger partial charge < -0.3 is 4.42 Å². The molecule has 0 saturated heterocycles. The van der Waals surface area contributed by atoms with E-state index in [0.29, 0.717) is 11.1 Å². The fraction of sp³-hybridized carbons (Fsp3) is 0.158. The van der Waals surface area contributed by atoms with Crippen molar-refractivity contribution in [2.75, 3.05) is 0 Å². The van der Waals surface area contributed by atoms with Gasteiger partial charge in [-0.05, 0) is 60.4 Å². The van der Waals surface area contributed by atoms with Crippen molar-refractivity contribution in [1.82, 2.24) is 4.57 Å². The molecule has 4 heteroatoms. The summed E-state index contributed by atoms with van der Waals surface area (Å²) in [7, 11) is 1.69. The second-order valence-corrected chi connectivity index (χ2v) is 5.55. The third kappa shape index (κ3) is 2.58. The van der Waals surface area contributed by atoms with Gasteiger partial charge in [-0.3, -0.25) is 4.57 Å². The Kier molecular flexibility index (Phi) is 3.63. The predicted octanol–water partition coefficient (Wildman–Crippen LogP) is 3.95. The third-order valence-electron chi connectivity index (χ3n) is 4.23. The van der Waals surface area contributed by atoms with Gasteiger partial charge in [-0.15, -0.1) is 0 Å². The van der Waals surface area contributed by atoms with Crippen LogP contribution in [-0.2, 0) is 7.05 Å². The minimum atomic E-state index is -0.359. The van der Waals surface area contributed by atoms with E-state index in [1.807, 2.05) is 56.3 Å². The quantitative estimate of drug-likeness (QED) is 0.673. The first kappa shape index (κ1) is 14.9. The molecule has 0 radical (unpaired) electrons. The highest BCUT2D eigenvalue weighted by atomic mass is 16.4. The summed E-state index contributed by atoms with van der Waals surface area (Å²) in [5.74, 6) is -0.359. The van der Waals surface area contributed by atoms with Crippen molar-refractivity contribution in [3.05, 3.63) is 69.7 Å². The topological polar surface area (TPSA) is 58.9 Å². The van der Waals surface area contributed by atoms with Crippen LogP contribution < -0.4 is 5.76 Å². The first-order valence-corrected chi connectivity index (χ1v) is 7.29. The fourth-order valence-electron chi connectivity index (χ4n) is 2.59. The molecule has 0 spiro atoms. The highest BCUT2D eigenvalue weighted by Crippen LogP contribution is 2.27. The number of oxazole rings is 1. The van der Waals surface area contributed by atoms with Crippen LogP contribution in [0.1, 0.15) is 30.5 Å². The zero-order valence-electron chi connectivity index (χ0n) is 13.3. The maximum absolute atomic E-state index is 11.6. The zero-order chi connectivity index (χ0) is 16.6. The van der Waals surface area contributed by atoms with Crippen molar-refractivity contribution in [2.24, 2.45) is 7.05 Å². The van der Waals surface area contributed by atoms with Gasteiger partial charge in [-0.1, -0.05) is 18.2 Å². The molecule has 0 aliphatic carbocycles. The second-order valence-electron chi connectivity index (χ2n) is 5.55. The molecule has 0 unspecified atom stereocenters. The molecule has 2 aromatic carbocycles. The number of aromatic nitrogens is 1. The monoisotopic (exact) mass is 304 g/mol. The summed E-state index contributed by atoms with van der Waals surface area (Å²) >= 11 is 0.